The zero-order chi connectivity index (χ0) is 12.4. The summed E-state index contributed by atoms with van der Waals surface area (Å²) in [6, 6.07) is 2.78. The summed E-state index contributed by atoms with van der Waals surface area (Å²) in [4.78, 5) is 6.83. The van der Waals surface area contributed by atoms with Crippen molar-refractivity contribution in [3.63, 3.8) is 0 Å². The molecule has 18 heavy (non-hydrogen) atoms. The molecule has 2 fully saturated rings. The van der Waals surface area contributed by atoms with Crippen molar-refractivity contribution >= 4 is 15.9 Å². The van der Waals surface area contributed by atoms with Crippen LogP contribution < -0.4 is 0 Å². The molecule has 2 aliphatic rings. The van der Waals surface area contributed by atoms with Crippen LogP contribution in [0.1, 0.15) is 31.2 Å². The van der Waals surface area contributed by atoms with Crippen molar-refractivity contribution in [1.29, 1.82) is 0 Å². The summed E-state index contributed by atoms with van der Waals surface area (Å²) in [5.41, 5.74) is 1.29. The van der Waals surface area contributed by atoms with Crippen molar-refractivity contribution in [2.75, 3.05) is 13.2 Å². The largest absolute Gasteiger partial charge is 0.375 e. The summed E-state index contributed by atoms with van der Waals surface area (Å²) >= 11 is 3.49. The van der Waals surface area contributed by atoms with E-state index in [1.807, 2.05) is 12.4 Å². The quantitative estimate of drug-likeness (QED) is 0.839. The number of rotatable bonds is 2. The smallest absolute Gasteiger partial charge is 0.0731 e. The van der Waals surface area contributed by atoms with Crippen molar-refractivity contribution in [2.24, 2.45) is 0 Å². The Morgan fingerprint density at radius 1 is 1.33 bits per heavy atom. The molecule has 2 unspecified atom stereocenters. The number of aromatic nitrogens is 1. The van der Waals surface area contributed by atoms with Gasteiger partial charge in [0.2, 0.25) is 0 Å². The van der Waals surface area contributed by atoms with E-state index in [0.29, 0.717) is 12.1 Å². The fourth-order valence-electron chi connectivity index (χ4n) is 3.15. The zero-order valence-corrected chi connectivity index (χ0v) is 12.1. The summed E-state index contributed by atoms with van der Waals surface area (Å²) < 4.78 is 6.97. The maximum atomic E-state index is 5.91. The first-order valence-corrected chi connectivity index (χ1v) is 7.57. The van der Waals surface area contributed by atoms with Crippen molar-refractivity contribution in [2.45, 2.75) is 44.4 Å². The highest BCUT2D eigenvalue weighted by atomic mass is 79.9. The van der Waals surface area contributed by atoms with Gasteiger partial charge in [-0.3, -0.25) is 9.88 Å². The predicted octanol–water partition coefficient (Wildman–Crippen LogP) is 2.99. The van der Waals surface area contributed by atoms with E-state index in [1.54, 1.807) is 0 Å². The first-order chi connectivity index (χ1) is 8.83. The molecule has 1 aliphatic heterocycles. The lowest BCUT2D eigenvalue weighted by Gasteiger charge is -2.43. The molecule has 3 nitrogen and oxygen atoms in total. The third-order valence-electron chi connectivity index (χ3n) is 3.99. The highest BCUT2D eigenvalue weighted by Crippen LogP contribution is 2.29. The summed E-state index contributed by atoms with van der Waals surface area (Å²) in [6.07, 6.45) is 9.46. The Morgan fingerprint density at radius 3 is 3.11 bits per heavy atom. The van der Waals surface area contributed by atoms with Gasteiger partial charge in [-0.15, -0.1) is 0 Å². The molecule has 98 valence electrons. The Balaban J connectivity index is 1.71. The number of pyridine rings is 1. The molecule has 3 rings (SSSR count). The van der Waals surface area contributed by atoms with Gasteiger partial charge >= 0.3 is 0 Å². The van der Waals surface area contributed by atoms with E-state index in [-0.39, 0.29) is 0 Å². The molecule has 1 aromatic rings. The van der Waals surface area contributed by atoms with Gasteiger partial charge < -0.3 is 4.74 Å². The van der Waals surface area contributed by atoms with E-state index in [1.165, 1.54) is 31.2 Å². The van der Waals surface area contributed by atoms with Gasteiger partial charge in [0.05, 0.1) is 12.7 Å². The Bertz CT molecular complexity index is 411. The van der Waals surface area contributed by atoms with E-state index < -0.39 is 0 Å². The third-order valence-corrected chi connectivity index (χ3v) is 4.43. The van der Waals surface area contributed by atoms with Crippen LogP contribution in [-0.4, -0.2) is 35.2 Å². The van der Waals surface area contributed by atoms with Gasteiger partial charge in [0.15, 0.2) is 0 Å². The molecule has 4 heteroatoms. The molecule has 0 spiro atoms. The second kappa shape index (κ2) is 5.68. The van der Waals surface area contributed by atoms with Crippen molar-refractivity contribution in [3.05, 3.63) is 28.5 Å². The number of morpholine rings is 1. The van der Waals surface area contributed by atoms with Crippen LogP contribution in [0.5, 0.6) is 0 Å². The number of fused-ring (bicyclic) bond motifs is 1. The lowest BCUT2D eigenvalue weighted by Crippen LogP contribution is -2.52. The third kappa shape index (κ3) is 2.76. The second-order valence-corrected chi connectivity index (χ2v) is 6.16. The van der Waals surface area contributed by atoms with E-state index in [9.17, 15) is 0 Å². The summed E-state index contributed by atoms with van der Waals surface area (Å²) in [6.45, 7) is 2.92. The van der Waals surface area contributed by atoms with Gasteiger partial charge in [0.25, 0.3) is 0 Å². The van der Waals surface area contributed by atoms with Crippen LogP contribution in [0.2, 0.25) is 0 Å². The van der Waals surface area contributed by atoms with Crippen LogP contribution in [0.25, 0.3) is 0 Å². The molecular weight excluding hydrogens is 292 g/mol. The van der Waals surface area contributed by atoms with Crippen LogP contribution in [-0.2, 0) is 11.3 Å². The molecule has 1 aromatic heterocycles. The van der Waals surface area contributed by atoms with E-state index >= 15 is 0 Å². The predicted molar refractivity (Wildman–Crippen MR) is 74.3 cm³/mol. The first-order valence-electron chi connectivity index (χ1n) is 6.78. The molecule has 0 radical (unpaired) electrons. The standard InChI is InChI=1S/C14H19BrN2O/c15-12-7-11(8-16-9-12)10-17-5-6-18-14-4-2-1-3-13(14)17/h7-9,13-14H,1-6,10H2. The van der Waals surface area contributed by atoms with Crippen LogP contribution in [0, 0.1) is 0 Å². The van der Waals surface area contributed by atoms with Gasteiger partial charge in [0, 0.05) is 36.0 Å². The van der Waals surface area contributed by atoms with Crippen LogP contribution in [0.15, 0.2) is 22.9 Å². The molecule has 1 aliphatic carbocycles. The van der Waals surface area contributed by atoms with Gasteiger partial charge in [0.1, 0.15) is 0 Å². The molecular formula is C14H19BrN2O. The molecule has 0 aromatic carbocycles. The second-order valence-electron chi connectivity index (χ2n) is 5.24. The SMILES string of the molecule is Brc1cncc(CN2CCOC3CCCCC32)c1. The molecule has 2 atom stereocenters. The minimum Gasteiger partial charge on any atom is -0.375 e. The van der Waals surface area contributed by atoms with Gasteiger partial charge in [-0.2, -0.15) is 0 Å². The van der Waals surface area contributed by atoms with Crippen molar-refractivity contribution < 1.29 is 4.74 Å². The number of ether oxygens (including phenoxy) is 1. The monoisotopic (exact) mass is 310 g/mol. The summed E-state index contributed by atoms with van der Waals surface area (Å²) in [5.74, 6) is 0. The topological polar surface area (TPSA) is 25.4 Å². The maximum absolute atomic E-state index is 5.91. The Hall–Kier alpha value is -0.450. The van der Waals surface area contributed by atoms with Crippen molar-refractivity contribution in [1.82, 2.24) is 9.88 Å². The lowest BCUT2D eigenvalue weighted by molar-refractivity contribution is -0.0911. The summed E-state index contributed by atoms with van der Waals surface area (Å²) in [5, 5.41) is 0. The average Bonchev–Trinajstić information content (AvgIpc) is 2.39. The Morgan fingerprint density at radius 2 is 2.22 bits per heavy atom. The van der Waals surface area contributed by atoms with Crippen LogP contribution in [0.3, 0.4) is 0 Å². The van der Waals surface area contributed by atoms with Crippen LogP contribution >= 0.6 is 15.9 Å². The molecule has 0 N–H and O–H groups in total. The van der Waals surface area contributed by atoms with Gasteiger partial charge in [-0.05, 0) is 40.4 Å². The highest BCUT2D eigenvalue weighted by molar-refractivity contribution is 9.10. The van der Waals surface area contributed by atoms with E-state index in [4.69, 9.17) is 4.74 Å². The molecule has 0 bridgehead atoms. The van der Waals surface area contributed by atoms with E-state index in [2.05, 4.69) is 31.9 Å². The fraction of sp³-hybridized carbons (Fsp3) is 0.643. The minimum absolute atomic E-state index is 0.465. The zero-order valence-electron chi connectivity index (χ0n) is 10.5. The lowest BCUT2D eigenvalue weighted by atomic mass is 9.90. The number of hydrogen-bond acceptors (Lipinski definition) is 3. The molecule has 1 saturated carbocycles. The fourth-order valence-corrected chi connectivity index (χ4v) is 3.56. The molecule has 0 amide bonds. The number of hydrogen-bond donors (Lipinski definition) is 0. The Labute approximate surface area is 117 Å². The molecule has 2 heterocycles. The van der Waals surface area contributed by atoms with Gasteiger partial charge in [-0.1, -0.05) is 12.8 Å². The molecule has 1 saturated heterocycles. The van der Waals surface area contributed by atoms with Crippen molar-refractivity contribution in [3.8, 4) is 0 Å². The van der Waals surface area contributed by atoms with Crippen LogP contribution in [0.4, 0.5) is 0 Å². The average molecular weight is 311 g/mol. The normalized spacial score (nSPS) is 28.9. The first kappa shape index (κ1) is 12.6. The number of halogens is 1. The van der Waals surface area contributed by atoms with E-state index in [0.717, 1.165) is 24.2 Å². The van der Waals surface area contributed by atoms with Gasteiger partial charge in [-0.25, -0.2) is 0 Å². The maximum Gasteiger partial charge on any atom is 0.0731 e. The number of nitrogens with zero attached hydrogens (tertiary/aromatic N) is 2. The Kier molecular flexibility index (Phi) is 3.97. The minimum atomic E-state index is 0.465. The highest BCUT2D eigenvalue weighted by Gasteiger charge is 2.33. The summed E-state index contributed by atoms with van der Waals surface area (Å²) in [7, 11) is 0.